The summed E-state index contributed by atoms with van der Waals surface area (Å²) in [5.74, 6) is 3.59. The third kappa shape index (κ3) is 6.42. The number of hydrogen-bond donors (Lipinski definition) is 0. The summed E-state index contributed by atoms with van der Waals surface area (Å²) < 4.78 is 4.42. The highest BCUT2D eigenvalue weighted by atomic mass is 15.1. The lowest BCUT2D eigenvalue weighted by Gasteiger charge is -2.19. The molecule has 0 aliphatic carbocycles. The van der Waals surface area contributed by atoms with Gasteiger partial charge in [0.05, 0.1) is 22.1 Å². The van der Waals surface area contributed by atoms with Gasteiger partial charge in [-0.1, -0.05) is 130 Å². The molecule has 10 aromatic rings. The summed E-state index contributed by atoms with van der Waals surface area (Å²) in [6.45, 7) is 6.66. The molecule has 0 fully saturated rings. The Labute approximate surface area is 337 Å². The third-order valence-electron chi connectivity index (χ3n) is 10.6. The van der Waals surface area contributed by atoms with Crippen LogP contribution in [0.1, 0.15) is 26.3 Å². The first-order valence-electron chi connectivity index (χ1n) is 19.5. The standard InChI is InChI=1S/C51H39N7/c1-51(2,3)39-28-22-34(23-29-39)46-54-47(35-24-30-40(31-25-35)57-44-20-12-10-18-42(44)52-49(57)37-14-6-4-7-15-37)56-48(55-46)36-26-32-41(33-27-36)58-45-21-13-11-19-43(45)53-50(58)38-16-8-5-9-17-38/h4-33H,1-3H3. The van der Waals surface area contributed by atoms with Gasteiger partial charge >= 0.3 is 0 Å². The van der Waals surface area contributed by atoms with Crippen molar-refractivity contribution in [1.29, 1.82) is 0 Å². The minimum absolute atomic E-state index is 0.0271. The highest BCUT2D eigenvalue weighted by molar-refractivity contribution is 5.85. The molecule has 0 bridgehead atoms. The molecule has 7 heteroatoms. The van der Waals surface area contributed by atoms with Crippen LogP contribution in [0.5, 0.6) is 0 Å². The quantitative estimate of drug-likeness (QED) is 0.162. The summed E-state index contributed by atoms with van der Waals surface area (Å²) in [5, 5.41) is 0. The van der Waals surface area contributed by atoms with Crippen molar-refractivity contribution in [2.45, 2.75) is 26.2 Å². The van der Waals surface area contributed by atoms with E-state index >= 15 is 0 Å². The molecule has 10 rings (SSSR count). The fourth-order valence-corrected chi connectivity index (χ4v) is 7.54. The zero-order valence-electron chi connectivity index (χ0n) is 32.5. The van der Waals surface area contributed by atoms with Gasteiger partial charge in [0, 0.05) is 39.2 Å². The van der Waals surface area contributed by atoms with E-state index in [2.05, 4.69) is 163 Å². The fourth-order valence-electron chi connectivity index (χ4n) is 7.54. The predicted molar refractivity (Wildman–Crippen MR) is 235 cm³/mol. The zero-order chi connectivity index (χ0) is 39.2. The van der Waals surface area contributed by atoms with E-state index in [1.54, 1.807) is 0 Å². The Bertz CT molecular complexity index is 2870. The lowest BCUT2D eigenvalue weighted by atomic mass is 9.87. The van der Waals surface area contributed by atoms with Crippen molar-refractivity contribution in [3.63, 3.8) is 0 Å². The fraction of sp³-hybridized carbons (Fsp3) is 0.0784. The summed E-state index contributed by atoms with van der Waals surface area (Å²) in [7, 11) is 0. The third-order valence-corrected chi connectivity index (χ3v) is 10.6. The summed E-state index contributed by atoms with van der Waals surface area (Å²) in [4.78, 5) is 25.3. The van der Waals surface area contributed by atoms with Crippen LogP contribution in [0.15, 0.2) is 182 Å². The van der Waals surface area contributed by atoms with E-state index in [0.717, 1.165) is 72.9 Å². The van der Waals surface area contributed by atoms with Crippen molar-refractivity contribution >= 4 is 22.1 Å². The smallest absolute Gasteiger partial charge is 0.164 e. The maximum atomic E-state index is 5.11. The van der Waals surface area contributed by atoms with Gasteiger partial charge in [0.25, 0.3) is 0 Å². The van der Waals surface area contributed by atoms with Gasteiger partial charge < -0.3 is 0 Å². The van der Waals surface area contributed by atoms with Crippen LogP contribution in [0.25, 0.3) is 90.4 Å². The van der Waals surface area contributed by atoms with Gasteiger partial charge in [-0.2, -0.15) is 0 Å². The average Bonchev–Trinajstić information content (AvgIpc) is 3.86. The molecule has 0 unspecified atom stereocenters. The van der Waals surface area contributed by atoms with Gasteiger partial charge in [-0.05, 0) is 83.8 Å². The molecule has 278 valence electrons. The molecular formula is C51H39N7. The average molecular weight is 750 g/mol. The van der Waals surface area contributed by atoms with Gasteiger partial charge in [0.1, 0.15) is 11.6 Å². The number of hydrogen-bond acceptors (Lipinski definition) is 5. The van der Waals surface area contributed by atoms with E-state index in [1.165, 1.54) is 5.56 Å². The second-order valence-electron chi connectivity index (χ2n) is 15.5. The van der Waals surface area contributed by atoms with Gasteiger partial charge in [0.2, 0.25) is 0 Å². The molecular weight excluding hydrogens is 711 g/mol. The van der Waals surface area contributed by atoms with Crippen LogP contribution in [-0.2, 0) is 5.41 Å². The van der Waals surface area contributed by atoms with E-state index in [0.29, 0.717) is 17.5 Å². The van der Waals surface area contributed by atoms with Crippen LogP contribution >= 0.6 is 0 Å². The predicted octanol–water partition coefficient (Wildman–Crippen LogP) is 12.2. The molecule has 0 amide bonds. The number of aromatic nitrogens is 7. The van der Waals surface area contributed by atoms with E-state index in [1.807, 2.05) is 48.5 Å². The number of rotatable bonds is 7. The monoisotopic (exact) mass is 749 g/mol. The number of benzene rings is 7. The van der Waals surface area contributed by atoms with Crippen LogP contribution < -0.4 is 0 Å². The van der Waals surface area contributed by atoms with Gasteiger partial charge in [-0.3, -0.25) is 9.13 Å². The van der Waals surface area contributed by atoms with Crippen molar-refractivity contribution in [2.24, 2.45) is 0 Å². The van der Waals surface area contributed by atoms with E-state index in [-0.39, 0.29) is 5.41 Å². The summed E-state index contributed by atoms with van der Waals surface area (Å²) >= 11 is 0. The topological polar surface area (TPSA) is 74.3 Å². The molecule has 7 aromatic carbocycles. The number of nitrogens with zero attached hydrogens (tertiary/aromatic N) is 7. The van der Waals surface area contributed by atoms with Crippen LogP contribution in [0.3, 0.4) is 0 Å². The summed E-state index contributed by atoms with van der Waals surface area (Å²) in [5.41, 5.74) is 12.1. The minimum Gasteiger partial charge on any atom is -0.292 e. The van der Waals surface area contributed by atoms with Gasteiger partial charge in [0.15, 0.2) is 17.5 Å². The van der Waals surface area contributed by atoms with Crippen LogP contribution in [0.2, 0.25) is 0 Å². The first-order chi connectivity index (χ1) is 28.4. The Morgan fingerprint density at radius 1 is 0.328 bits per heavy atom. The molecule has 0 atom stereocenters. The first-order valence-corrected chi connectivity index (χ1v) is 19.5. The first kappa shape index (κ1) is 34.9. The molecule has 0 saturated carbocycles. The van der Waals surface area contributed by atoms with E-state index in [9.17, 15) is 0 Å². The molecule has 0 saturated heterocycles. The van der Waals surface area contributed by atoms with E-state index < -0.39 is 0 Å². The molecule has 0 aliphatic heterocycles. The van der Waals surface area contributed by atoms with Crippen LogP contribution in [-0.4, -0.2) is 34.1 Å². The molecule has 0 aliphatic rings. The van der Waals surface area contributed by atoms with Crippen molar-refractivity contribution in [2.75, 3.05) is 0 Å². The van der Waals surface area contributed by atoms with E-state index in [4.69, 9.17) is 24.9 Å². The molecule has 0 radical (unpaired) electrons. The Hall–Kier alpha value is -7.51. The van der Waals surface area contributed by atoms with Crippen molar-refractivity contribution in [3.8, 4) is 68.3 Å². The van der Waals surface area contributed by atoms with Gasteiger partial charge in [-0.25, -0.2) is 24.9 Å². The van der Waals surface area contributed by atoms with Crippen molar-refractivity contribution in [3.05, 3.63) is 188 Å². The lowest BCUT2D eigenvalue weighted by Crippen LogP contribution is -2.10. The van der Waals surface area contributed by atoms with Crippen LogP contribution in [0, 0.1) is 0 Å². The molecule has 0 spiro atoms. The maximum Gasteiger partial charge on any atom is 0.164 e. The maximum absolute atomic E-state index is 5.11. The Kier molecular flexibility index (Phi) is 8.56. The highest BCUT2D eigenvalue weighted by Gasteiger charge is 2.19. The Morgan fingerprint density at radius 2 is 0.672 bits per heavy atom. The Balaban J connectivity index is 1.07. The molecule has 0 N–H and O–H groups in total. The number of imidazole rings is 2. The normalized spacial score (nSPS) is 11.7. The number of fused-ring (bicyclic) bond motifs is 2. The SMILES string of the molecule is CC(C)(C)c1ccc(-c2nc(-c3ccc(-n4c(-c5ccccc5)nc5ccccc54)cc3)nc(-c3ccc(-n4c(-c5ccccc5)nc5ccccc54)cc3)n2)cc1. The lowest BCUT2D eigenvalue weighted by molar-refractivity contribution is 0.590. The summed E-state index contributed by atoms with van der Waals surface area (Å²) in [6, 6.07) is 62.5. The molecule has 3 heterocycles. The number of para-hydroxylation sites is 4. The minimum atomic E-state index is 0.0271. The Morgan fingerprint density at radius 3 is 1.05 bits per heavy atom. The molecule has 3 aromatic heterocycles. The van der Waals surface area contributed by atoms with Crippen LogP contribution in [0.4, 0.5) is 0 Å². The van der Waals surface area contributed by atoms with Gasteiger partial charge in [-0.15, -0.1) is 0 Å². The highest BCUT2D eigenvalue weighted by Crippen LogP contribution is 2.33. The van der Waals surface area contributed by atoms with Crippen molar-refractivity contribution < 1.29 is 0 Å². The molecule has 58 heavy (non-hydrogen) atoms. The second-order valence-corrected chi connectivity index (χ2v) is 15.5. The second kappa shape index (κ2) is 14.2. The zero-order valence-corrected chi connectivity index (χ0v) is 32.5. The summed E-state index contributed by atoms with van der Waals surface area (Å²) in [6.07, 6.45) is 0. The largest absolute Gasteiger partial charge is 0.292 e. The molecule has 7 nitrogen and oxygen atoms in total. The van der Waals surface area contributed by atoms with Crippen molar-refractivity contribution in [1.82, 2.24) is 34.1 Å².